The molecule has 1 saturated heterocycles. The minimum Gasteiger partial charge on any atom is -0.382 e. The SMILES string of the molecule is CC(C)Nc1cc(-c2ccc3cc(C#N)cnn23)ncc1-c1nnc(N2C[C@H]3CC[C@@H](C2)C3C)s1. The van der Waals surface area contributed by atoms with Crippen LogP contribution in [0.15, 0.2) is 36.7 Å². The Morgan fingerprint density at radius 2 is 1.91 bits per heavy atom. The van der Waals surface area contributed by atoms with Gasteiger partial charge in [-0.2, -0.15) is 10.4 Å². The summed E-state index contributed by atoms with van der Waals surface area (Å²) < 4.78 is 1.82. The summed E-state index contributed by atoms with van der Waals surface area (Å²) in [7, 11) is 0. The molecule has 0 aromatic carbocycles. The highest BCUT2D eigenvalue weighted by molar-refractivity contribution is 7.18. The standard InChI is InChI=1S/C26H28N8S/c1-15(2)30-22-9-23(24-7-6-20-8-17(10-27)11-29-34(20)24)28-12-21(22)25-31-32-26(35-25)33-13-18-4-5-19(14-33)16(18)3/h6-9,11-12,15-16,18-19H,4-5,13-14H2,1-3H3,(H,28,30)/t16?,18-,19+. The number of hydrogen-bond donors (Lipinski definition) is 1. The minimum atomic E-state index is 0.246. The molecule has 6 rings (SSSR count). The predicted molar refractivity (Wildman–Crippen MR) is 138 cm³/mol. The lowest BCUT2D eigenvalue weighted by Crippen LogP contribution is -2.40. The van der Waals surface area contributed by atoms with Crippen molar-refractivity contribution in [1.82, 2.24) is 24.8 Å². The molecule has 9 heteroatoms. The number of fused-ring (bicyclic) bond motifs is 3. The van der Waals surface area contributed by atoms with Gasteiger partial charge in [0.15, 0.2) is 5.01 Å². The van der Waals surface area contributed by atoms with Crippen LogP contribution in [0.1, 0.15) is 39.2 Å². The van der Waals surface area contributed by atoms with Gasteiger partial charge in [0, 0.05) is 31.0 Å². The quantitative estimate of drug-likeness (QED) is 0.422. The Morgan fingerprint density at radius 1 is 1.11 bits per heavy atom. The average Bonchev–Trinajstić information content (AvgIpc) is 3.54. The average molecular weight is 485 g/mol. The number of hydrogen-bond acceptors (Lipinski definition) is 8. The maximum atomic E-state index is 9.17. The molecular weight excluding hydrogens is 456 g/mol. The Morgan fingerprint density at radius 3 is 2.66 bits per heavy atom. The highest BCUT2D eigenvalue weighted by atomic mass is 32.1. The van der Waals surface area contributed by atoms with Crippen molar-refractivity contribution in [3.63, 3.8) is 0 Å². The molecule has 8 nitrogen and oxygen atoms in total. The highest BCUT2D eigenvalue weighted by Crippen LogP contribution is 2.44. The van der Waals surface area contributed by atoms with E-state index in [1.165, 1.54) is 12.8 Å². The van der Waals surface area contributed by atoms with Crippen molar-refractivity contribution < 1.29 is 0 Å². The summed E-state index contributed by atoms with van der Waals surface area (Å²) in [4.78, 5) is 7.22. The molecule has 178 valence electrons. The molecular formula is C26H28N8S. The van der Waals surface area contributed by atoms with Crippen molar-refractivity contribution in [2.75, 3.05) is 23.3 Å². The lowest BCUT2D eigenvalue weighted by atomic mass is 9.87. The molecule has 5 heterocycles. The Bertz CT molecular complexity index is 1420. The number of nitrogens with one attached hydrogen (secondary N) is 1. The van der Waals surface area contributed by atoms with E-state index in [0.717, 1.165) is 69.1 Å². The van der Waals surface area contributed by atoms with Gasteiger partial charge in [-0.15, -0.1) is 10.2 Å². The van der Waals surface area contributed by atoms with Crippen molar-refractivity contribution in [2.45, 2.75) is 39.7 Å². The number of rotatable bonds is 5. The zero-order chi connectivity index (χ0) is 24.1. The van der Waals surface area contributed by atoms with Gasteiger partial charge in [-0.3, -0.25) is 4.98 Å². The minimum absolute atomic E-state index is 0.246. The third-order valence-electron chi connectivity index (χ3n) is 7.46. The number of nitriles is 1. The molecule has 0 radical (unpaired) electrons. The van der Waals surface area contributed by atoms with Gasteiger partial charge in [0.25, 0.3) is 0 Å². The molecule has 2 fully saturated rings. The first kappa shape index (κ1) is 22.0. The van der Waals surface area contributed by atoms with Crippen LogP contribution < -0.4 is 10.2 Å². The van der Waals surface area contributed by atoms with E-state index in [1.807, 2.05) is 28.9 Å². The van der Waals surface area contributed by atoms with Crippen LogP contribution in [0.25, 0.3) is 27.5 Å². The van der Waals surface area contributed by atoms with Gasteiger partial charge in [0.05, 0.1) is 34.2 Å². The van der Waals surface area contributed by atoms with Crippen LogP contribution in [0.5, 0.6) is 0 Å². The predicted octanol–water partition coefficient (Wildman–Crippen LogP) is 5.09. The molecule has 1 aliphatic heterocycles. The first-order valence-electron chi connectivity index (χ1n) is 12.2. The number of nitrogens with zero attached hydrogens (tertiary/aromatic N) is 7. The van der Waals surface area contributed by atoms with Crippen LogP contribution in [-0.4, -0.2) is 43.9 Å². The van der Waals surface area contributed by atoms with Crippen molar-refractivity contribution in [3.8, 4) is 28.0 Å². The van der Waals surface area contributed by atoms with E-state index < -0.39 is 0 Å². The Balaban J connectivity index is 1.34. The van der Waals surface area contributed by atoms with Gasteiger partial charge in [-0.1, -0.05) is 18.3 Å². The van der Waals surface area contributed by atoms with E-state index >= 15 is 0 Å². The van der Waals surface area contributed by atoms with Crippen molar-refractivity contribution in [2.24, 2.45) is 17.8 Å². The van der Waals surface area contributed by atoms with Crippen molar-refractivity contribution >= 4 is 27.7 Å². The lowest BCUT2D eigenvalue weighted by Gasteiger charge is -2.35. The normalized spacial score (nSPS) is 21.6. The lowest BCUT2D eigenvalue weighted by molar-refractivity contribution is 0.295. The Labute approximate surface area is 208 Å². The van der Waals surface area contributed by atoms with Crippen LogP contribution in [0.4, 0.5) is 10.8 Å². The zero-order valence-corrected chi connectivity index (χ0v) is 21.0. The number of anilines is 2. The second-order valence-electron chi connectivity index (χ2n) is 10.1. The Hall–Kier alpha value is -3.51. The summed E-state index contributed by atoms with van der Waals surface area (Å²) in [6, 6.07) is 10.2. The van der Waals surface area contributed by atoms with E-state index in [1.54, 1.807) is 17.5 Å². The van der Waals surface area contributed by atoms with E-state index in [9.17, 15) is 5.26 Å². The van der Waals surface area contributed by atoms with Gasteiger partial charge in [-0.25, -0.2) is 4.52 Å². The van der Waals surface area contributed by atoms with E-state index in [0.29, 0.717) is 5.56 Å². The molecule has 35 heavy (non-hydrogen) atoms. The number of piperidine rings is 1. The van der Waals surface area contributed by atoms with Gasteiger partial charge in [0.2, 0.25) is 5.13 Å². The summed E-state index contributed by atoms with van der Waals surface area (Å²) in [5, 5.41) is 28.2. The smallest absolute Gasteiger partial charge is 0.208 e. The molecule has 1 N–H and O–H groups in total. The first-order valence-corrected chi connectivity index (χ1v) is 13.1. The fourth-order valence-electron chi connectivity index (χ4n) is 5.55. The second-order valence-corrected chi connectivity index (χ2v) is 11.0. The van der Waals surface area contributed by atoms with Gasteiger partial charge < -0.3 is 10.2 Å². The molecule has 0 spiro atoms. The summed E-state index contributed by atoms with van der Waals surface area (Å²) in [5.41, 5.74) is 5.01. The van der Waals surface area contributed by atoms with Gasteiger partial charge in [-0.05, 0) is 68.7 Å². The van der Waals surface area contributed by atoms with Crippen LogP contribution >= 0.6 is 11.3 Å². The van der Waals surface area contributed by atoms with Crippen molar-refractivity contribution in [3.05, 3.63) is 42.2 Å². The molecule has 0 amide bonds. The largest absolute Gasteiger partial charge is 0.382 e. The maximum absolute atomic E-state index is 9.17. The summed E-state index contributed by atoms with van der Waals surface area (Å²) in [5.74, 6) is 2.37. The van der Waals surface area contributed by atoms with Crippen molar-refractivity contribution in [1.29, 1.82) is 5.26 Å². The molecule has 4 aromatic rings. The van der Waals surface area contributed by atoms with E-state index in [4.69, 9.17) is 4.98 Å². The van der Waals surface area contributed by atoms with Crippen LogP contribution in [0, 0.1) is 29.1 Å². The molecule has 3 atom stereocenters. The monoisotopic (exact) mass is 484 g/mol. The van der Waals surface area contributed by atoms with E-state index in [-0.39, 0.29) is 6.04 Å². The highest BCUT2D eigenvalue weighted by Gasteiger charge is 2.40. The maximum Gasteiger partial charge on any atom is 0.208 e. The second kappa shape index (κ2) is 8.61. The third kappa shape index (κ3) is 3.92. The fraction of sp³-hybridized carbons (Fsp3) is 0.423. The molecule has 4 aromatic heterocycles. The molecule has 2 bridgehead atoms. The van der Waals surface area contributed by atoms with Crippen LogP contribution in [0.3, 0.4) is 0 Å². The Kier molecular flexibility index (Phi) is 5.41. The fourth-order valence-corrected chi connectivity index (χ4v) is 6.44. The first-order chi connectivity index (χ1) is 17.0. The van der Waals surface area contributed by atoms with Crippen LogP contribution in [-0.2, 0) is 0 Å². The topological polar surface area (TPSA) is 95.0 Å². The number of pyridine rings is 1. The summed E-state index contributed by atoms with van der Waals surface area (Å²) in [6.07, 6.45) is 6.13. The summed E-state index contributed by atoms with van der Waals surface area (Å²) in [6.45, 7) is 8.83. The van der Waals surface area contributed by atoms with Crippen LogP contribution in [0.2, 0.25) is 0 Å². The molecule has 1 aliphatic carbocycles. The number of aromatic nitrogens is 5. The van der Waals surface area contributed by atoms with E-state index in [2.05, 4.69) is 58.4 Å². The zero-order valence-electron chi connectivity index (χ0n) is 20.1. The van der Waals surface area contributed by atoms with Gasteiger partial charge in [0.1, 0.15) is 6.07 Å². The molecule has 2 aliphatic rings. The molecule has 1 unspecified atom stereocenters. The summed E-state index contributed by atoms with van der Waals surface area (Å²) >= 11 is 1.65. The van der Waals surface area contributed by atoms with Gasteiger partial charge >= 0.3 is 0 Å². The third-order valence-corrected chi connectivity index (χ3v) is 8.48. The molecule has 1 saturated carbocycles.